The van der Waals surface area contributed by atoms with Crippen LogP contribution in [-0.2, 0) is 9.53 Å². The number of esters is 1. The molecule has 3 rings (SSSR count). The van der Waals surface area contributed by atoms with E-state index in [1.807, 2.05) is 12.1 Å². The first-order valence-electron chi connectivity index (χ1n) is 9.84. The Kier molecular flexibility index (Phi) is 6.56. The number of thiazole rings is 1. The van der Waals surface area contributed by atoms with Crippen LogP contribution in [-0.4, -0.2) is 23.4 Å². The molecule has 1 aromatic heterocycles. The van der Waals surface area contributed by atoms with Crippen molar-refractivity contribution in [2.45, 2.75) is 20.8 Å². The molecule has 0 atom stereocenters. The Morgan fingerprint density at radius 3 is 2.22 bits per heavy atom. The molecular weight excluding hydrogens is 424 g/mol. The van der Waals surface area contributed by atoms with Crippen LogP contribution in [0.1, 0.15) is 36.7 Å². The van der Waals surface area contributed by atoms with Crippen molar-refractivity contribution >= 4 is 34.7 Å². The lowest BCUT2D eigenvalue weighted by Crippen LogP contribution is -2.33. The van der Waals surface area contributed by atoms with Gasteiger partial charge in [-0.25, -0.2) is 4.79 Å². The van der Waals surface area contributed by atoms with Gasteiger partial charge in [-0.1, -0.05) is 51.1 Å². The second-order valence-electron chi connectivity index (χ2n) is 8.07. The molecule has 0 unspecified atom stereocenters. The largest absolute Gasteiger partial charge is 0.465 e. The number of aromatic nitrogens is 1. The topological polar surface area (TPSA) is 89.2 Å². The predicted molar refractivity (Wildman–Crippen MR) is 124 cm³/mol. The zero-order valence-electron chi connectivity index (χ0n) is 18.2. The number of rotatable bonds is 4. The Hall–Kier alpha value is -3.76. The van der Waals surface area contributed by atoms with Crippen LogP contribution in [0.3, 0.4) is 0 Å². The van der Waals surface area contributed by atoms with Gasteiger partial charge in [-0.15, -0.1) is 11.3 Å². The molecule has 0 aliphatic carbocycles. The van der Waals surface area contributed by atoms with Gasteiger partial charge in [0.05, 0.1) is 22.9 Å². The van der Waals surface area contributed by atoms with E-state index >= 15 is 0 Å². The summed E-state index contributed by atoms with van der Waals surface area (Å²) < 4.78 is 6.77. The van der Waals surface area contributed by atoms with Gasteiger partial charge in [0.25, 0.3) is 5.56 Å². The summed E-state index contributed by atoms with van der Waals surface area (Å²) in [5, 5.41) is 9.81. The van der Waals surface area contributed by atoms with Gasteiger partial charge in [-0.05, 0) is 35.9 Å². The lowest BCUT2D eigenvalue weighted by atomic mass is 9.87. The lowest BCUT2D eigenvalue weighted by molar-refractivity contribution is -0.120. The third-order valence-corrected chi connectivity index (χ3v) is 5.79. The molecule has 1 heterocycles. The highest BCUT2D eigenvalue weighted by Crippen LogP contribution is 2.20. The fraction of sp³-hybridized carbons (Fsp3) is 0.200. The molecule has 0 spiro atoms. The number of ether oxygens (including phenoxy) is 1. The van der Waals surface area contributed by atoms with Crippen molar-refractivity contribution in [2.75, 3.05) is 7.11 Å². The molecule has 0 radical (unpaired) electrons. The molecule has 0 N–H and O–H groups in total. The fourth-order valence-corrected chi connectivity index (χ4v) is 4.12. The van der Waals surface area contributed by atoms with Crippen LogP contribution in [0.5, 0.6) is 0 Å². The smallest absolute Gasteiger partial charge is 0.337 e. The van der Waals surface area contributed by atoms with Gasteiger partial charge >= 0.3 is 5.97 Å². The zero-order valence-corrected chi connectivity index (χ0v) is 19.0. The van der Waals surface area contributed by atoms with E-state index in [0.29, 0.717) is 26.0 Å². The molecule has 0 aliphatic rings. The van der Waals surface area contributed by atoms with Crippen LogP contribution in [0.15, 0.2) is 59.4 Å². The zero-order chi connectivity index (χ0) is 23.5. The van der Waals surface area contributed by atoms with Gasteiger partial charge in [0, 0.05) is 5.41 Å². The average molecular weight is 447 g/mol. The second kappa shape index (κ2) is 9.16. The average Bonchev–Trinajstić information content (AvgIpc) is 3.09. The Morgan fingerprint density at radius 1 is 1.06 bits per heavy atom. The third kappa shape index (κ3) is 4.61. The van der Waals surface area contributed by atoms with Crippen LogP contribution in [0.25, 0.3) is 17.3 Å². The molecule has 7 heteroatoms. The summed E-state index contributed by atoms with van der Waals surface area (Å²) in [6.45, 7) is 5.21. The van der Waals surface area contributed by atoms with E-state index in [0.717, 1.165) is 11.3 Å². The minimum atomic E-state index is -0.778. The van der Waals surface area contributed by atoms with E-state index in [-0.39, 0.29) is 16.9 Å². The van der Waals surface area contributed by atoms with Crippen molar-refractivity contribution in [1.82, 2.24) is 4.57 Å². The van der Waals surface area contributed by atoms with Crippen LogP contribution in [0.4, 0.5) is 0 Å². The molecule has 0 bridgehead atoms. The van der Waals surface area contributed by atoms with E-state index in [1.165, 1.54) is 11.7 Å². The van der Waals surface area contributed by atoms with Gasteiger partial charge < -0.3 is 4.74 Å². The number of para-hydroxylation sites is 1. The number of carbonyl (C=O) groups is 2. The highest BCUT2D eigenvalue weighted by atomic mass is 32.1. The maximum atomic E-state index is 13.3. The molecule has 32 heavy (non-hydrogen) atoms. The summed E-state index contributed by atoms with van der Waals surface area (Å²) >= 11 is 1.09. The minimum Gasteiger partial charge on any atom is -0.465 e. The van der Waals surface area contributed by atoms with Crippen molar-refractivity contribution < 1.29 is 14.3 Å². The van der Waals surface area contributed by atoms with Crippen LogP contribution >= 0.6 is 11.3 Å². The SMILES string of the molecule is COC(=O)c1ccc(/C=c2\s/c(=C(/C#N)C(=O)C(C)(C)C)n(-c3ccccc3)c2=O)cc1. The quantitative estimate of drug-likeness (QED) is 0.575. The molecule has 0 amide bonds. The van der Waals surface area contributed by atoms with E-state index in [4.69, 9.17) is 4.74 Å². The number of nitriles is 1. The summed E-state index contributed by atoms with van der Waals surface area (Å²) in [6.07, 6.45) is 1.67. The molecular formula is C25H22N2O4S. The molecule has 0 saturated carbocycles. The highest BCUT2D eigenvalue weighted by Gasteiger charge is 2.27. The normalized spacial score (nSPS) is 12.8. The van der Waals surface area contributed by atoms with Gasteiger partial charge in [0.15, 0.2) is 5.78 Å². The molecule has 2 aromatic carbocycles. The van der Waals surface area contributed by atoms with Gasteiger partial charge in [0.2, 0.25) is 0 Å². The Balaban J connectivity index is 2.32. The summed E-state index contributed by atoms with van der Waals surface area (Å²) in [7, 11) is 1.31. The number of carbonyl (C=O) groups excluding carboxylic acids is 2. The van der Waals surface area contributed by atoms with Crippen molar-refractivity contribution in [1.29, 1.82) is 5.26 Å². The predicted octanol–water partition coefficient (Wildman–Crippen LogP) is 2.80. The number of methoxy groups -OCH3 is 1. The molecule has 0 fully saturated rings. The summed E-state index contributed by atoms with van der Waals surface area (Å²) in [5.74, 6) is -0.782. The summed E-state index contributed by atoms with van der Waals surface area (Å²) in [4.78, 5) is 38.0. The van der Waals surface area contributed by atoms with Crippen LogP contribution in [0, 0.1) is 16.7 Å². The van der Waals surface area contributed by atoms with E-state index < -0.39 is 11.4 Å². The number of nitrogens with zero attached hydrogens (tertiary/aromatic N) is 2. The maximum absolute atomic E-state index is 13.3. The van der Waals surface area contributed by atoms with Crippen molar-refractivity contribution in [3.05, 3.63) is 85.3 Å². The first-order valence-corrected chi connectivity index (χ1v) is 10.7. The summed E-state index contributed by atoms with van der Waals surface area (Å²) in [5.41, 5.74) is 0.503. The number of Topliss-reactive ketones (excluding diaryl/α,β-unsaturated/α-hetero) is 1. The van der Waals surface area contributed by atoms with Crippen LogP contribution in [0.2, 0.25) is 0 Å². The monoisotopic (exact) mass is 446 g/mol. The highest BCUT2D eigenvalue weighted by molar-refractivity contribution is 7.07. The Morgan fingerprint density at radius 2 is 1.69 bits per heavy atom. The standard InChI is InChI=1S/C25H22N2O4S/c1-25(2,3)21(28)19(15-26)23-27(18-8-6-5-7-9-18)22(29)20(32-23)14-16-10-12-17(13-11-16)24(30)31-4/h5-14H,1-4H3/b20-14-,23-19-. The number of benzene rings is 2. The molecule has 6 nitrogen and oxygen atoms in total. The van der Waals surface area contributed by atoms with Crippen LogP contribution < -0.4 is 14.8 Å². The second-order valence-corrected chi connectivity index (χ2v) is 9.10. The van der Waals surface area contributed by atoms with Crippen molar-refractivity contribution in [3.63, 3.8) is 0 Å². The number of hydrogen-bond donors (Lipinski definition) is 0. The first-order chi connectivity index (χ1) is 15.2. The Labute approximate surface area is 189 Å². The van der Waals surface area contributed by atoms with E-state index in [9.17, 15) is 19.6 Å². The van der Waals surface area contributed by atoms with Gasteiger partial charge in [-0.2, -0.15) is 5.26 Å². The Bertz CT molecular complexity index is 1380. The van der Waals surface area contributed by atoms with E-state index in [2.05, 4.69) is 0 Å². The summed E-state index contributed by atoms with van der Waals surface area (Å²) in [6, 6.07) is 17.5. The molecule has 0 aliphatic heterocycles. The molecule has 162 valence electrons. The maximum Gasteiger partial charge on any atom is 0.337 e. The fourth-order valence-electron chi connectivity index (χ4n) is 3.02. The van der Waals surface area contributed by atoms with Gasteiger partial charge in [-0.3, -0.25) is 14.2 Å². The molecule has 0 saturated heterocycles. The minimum absolute atomic E-state index is 0.0517. The van der Waals surface area contributed by atoms with E-state index in [1.54, 1.807) is 75.4 Å². The van der Waals surface area contributed by atoms with Crippen molar-refractivity contribution in [3.8, 4) is 11.8 Å². The third-order valence-electron chi connectivity index (χ3n) is 4.70. The first kappa shape index (κ1) is 22.9. The lowest BCUT2D eigenvalue weighted by Gasteiger charge is -2.15. The molecule has 3 aromatic rings. The number of hydrogen-bond acceptors (Lipinski definition) is 6. The number of ketones is 1. The van der Waals surface area contributed by atoms with Crippen molar-refractivity contribution in [2.24, 2.45) is 5.41 Å². The van der Waals surface area contributed by atoms with Gasteiger partial charge in [0.1, 0.15) is 16.3 Å².